The minimum atomic E-state index is -3.13. The van der Waals surface area contributed by atoms with Crippen LogP contribution in [0.4, 0.5) is 14.5 Å². The Kier molecular flexibility index (Phi) is 5.91. The van der Waals surface area contributed by atoms with Crippen molar-refractivity contribution in [2.45, 2.75) is 6.61 Å². The van der Waals surface area contributed by atoms with Crippen molar-refractivity contribution in [2.24, 2.45) is 0 Å². The van der Waals surface area contributed by atoms with Crippen LogP contribution in [0.5, 0.6) is 17.2 Å². The molecular formula is C21H15F2NO6. The summed E-state index contributed by atoms with van der Waals surface area (Å²) < 4.78 is 35.4. The molecule has 3 rings (SSSR count). The van der Waals surface area contributed by atoms with Crippen molar-refractivity contribution in [1.82, 2.24) is 0 Å². The zero-order chi connectivity index (χ0) is 21.8. The summed E-state index contributed by atoms with van der Waals surface area (Å²) in [6.07, 6.45) is 2.32. The lowest BCUT2D eigenvalue weighted by Gasteiger charge is -2.12. The van der Waals surface area contributed by atoms with Gasteiger partial charge in [0.2, 0.25) is 5.75 Å². The minimum absolute atomic E-state index is 0.0921. The Morgan fingerprint density at radius 3 is 2.60 bits per heavy atom. The number of alkyl halides is 2. The number of phenolic OH excluding ortho intramolecular Hbond substituents is 1. The Balaban J connectivity index is 2.02. The Hall–Kier alpha value is -4.01. The number of halogens is 2. The Morgan fingerprint density at radius 2 is 1.93 bits per heavy atom. The summed E-state index contributed by atoms with van der Waals surface area (Å²) in [6.45, 7) is -3.13. The highest BCUT2D eigenvalue weighted by Crippen LogP contribution is 2.37. The predicted molar refractivity (Wildman–Crippen MR) is 105 cm³/mol. The van der Waals surface area contributed by atoms with Crippen molar-refractivity contribution in [3.05, 3.63) is 75.8 Å². The quantitative estimate of drug-likeness (QED) is 0.253. The van der Waals surface area contributed by atoms with Crippen LogP contribution in [0.25, 0.3) is 16.8 Å². The number of benzene rings is 3. The van der Waals surface area contributed by atoms with Crippen molar-refractivity contribution >= 4 is 28.3 Å². The number of rotatable bonds is 7. The molecule has 0 atom stereocenters. The standard InChI is InChI=1S/C21H15F2NO6/c1-29-18-11-12(10-16(19(18)26)24(27)28)6-9-17(25)15-8-7-13-4-2-3-5-14(13)20(15)30-21(22)23/h2-11,21,26H,1H3. The van der Waals surface area contributed by atoms with Crippen molar-refractivity contribution < 1.29 is 33.1 Å². The van der Waals surface area contributed by atoms with E-state index in [1.807, 2.05) is 0 Å². The largest absolute Gasteiger partial charge is 0.500 e. The second-order valence-corrected chi connectivity index (χ2v) is 6.09. The zero-order valence-electron chi connectivity index (χ0n) is 15.5. The van der Waals surface area contributed by atoms with Gasteiger partial charge >= 0.3 is 12.3 Å². The molecule has 0 bridgehead atoms. The van der Waals surface area contributed by atoms with Crippen LogP contribution in [-0.4, -0.2) is 29.5 Å². The molecule has 0 radical (unpaired) electrons. The van der Waals surface area contributed by atoms with E-state index in [4.69, 9.17) is 4.74 Å². The molecule has 0 spiro atoms. The molecule has 9 heteroatoms. The maximum atomic E-state index is 12.9. The number of allylic oxidation sites excluding steroid dienone is 1. The highest BCUT2D eigenvalue weighted by molar-refractivity contribution is 6.12. The molecule has 3 aromatic carbocycles. The highest BCUT2D eigenvalue weighted by atomic mass is 19.3. The summed E-state index contributed by atoms with van der Waals surface area (Å²) in [6, 6.07) is 11.9. The lowest BCUT2D eigenvalue weighted by Crippen LogP contribution is -2.07. The molecule has 1 N–H and O–H groups in total. The van der Waals surface area contributed by atoms with Crippen LogP contribution in [0.1, 0.15) is 15.9 Å². The summed E-state index contributed by atoms with van der Waals surface area (Å²) in [5.41, 5.74) is -0.499. The fourth-order valence-electron chi connectivity index (χ4n) is 2.92. The number of hydrogen-bond donors (Lipinski definition) is 1. The average Bonchev–Trinajstić information content (AvgIpc) is 2.72. The molecule has 30 heavy (non-hydrogen) atoms. The van der Waals surface area contributed by atoms with E-state index >= 15 is 0 Å². The number of hydrogen-bond acceptors (Lipinski definition) is 6. The number of aromatic hydroxyl groups is 1. The van der Waals surface area contributed by atoms with Crippen LogP contribution in [-0.2, 0) is 0 Å². The zero-order valence-corrected chi connectivity index (χ0v) is 15.5. The third-order valence-electron chi connectivity index (χ3n) is 4.27. The number of nitro groups is 1. The van der Waals surface area contributed by atoms with E-state index < -0.39 is 28.8 Å². The van der Waals surface area contributed by atoms with Crippen LogP contribution < -0.4 is 9.47 Å². The van der Waals surface area contributed by atoms with Gasteiger partial charge in [-0.1, -0.05) is 36.4 Å². The molecule has 7 nitrogen and oxygen atoms in total. The van der Waals surface area contributed by atoms with E-state index in [0.29, 0.717) is 10.8 Å². The number of ether oxygens (including phenoxy) is 2. The van der Waals surface area contributed by atoms with Gasteiger partial charge in [0, 0.05) is 11.5 Å². The Bertz CT molecular complexity index is 1160. The van der Waals surface area contributed by atoms with Gasteiger partial charge in [0.15, 0.2) is 11.5 Å². The summed E-state index contributed by atoms with van der Waals surface area (Å²) in [5, 5.41) is 21.9. The molecule has 0 aromatic heterocycles. The topological polar surface area (TPSA) is 98.9 Å². The van der Waals surface area contributed by atoms with E-state index in [2.05, 4.69) is 4.74 Å². The molecule has 0 unspecified atom stereocenters. The SMILES string of the molecule is COc1cc(C=CC(=O)c2ccc3ccccc3c2OC(F)F)cc([N+](=O)[O-])c1O. The lowest BCUT2D eigenvalue weighted by molar-refractivity contribution is -0.386. The van der Waals surface area contributed by atoms with Crippen molar-refractivity contribution in [3.8, 4) is 17.2 Å². The fraction of sp³-hybridized carbons (Fsp3) is 0.0952. The van der Waals surface area contributed by atoms with Gasteiger partial charge in [-0.3, -0.25) is 14.9 Å². The number of nitrogens with zero attached hydrogens (tertiary/aromatic N) is 1. The van der Waals surface area contributed by atoms with Gasteiger partial charge in [0.05, 0.1) is 17.6 Å². The smallest absolute Gasteiger partial charge is 0.387 e. The molecule has 0 saturated heterocycles. The molecule has 0 aliphatic rings. The van der Waals surface area contributed by atoms with Crippen LogP contribution in [0.3, 0.4) is 0 Å². The molecule has 154 valence electrons. The second kappa shape index (κ2) is 8.56. The third kappa shape index (κ3) is 4.19. The summed E-state index contributed by atoms with van der Waals surface area (Å²) in [7, 11) is 1.22. The number of phenols is 1. The van der Waals surface area contributed by atoms with Gasteiger partial charge in [0.25, 0.3) is 0 Å². The normalized spacial score (nSPS) is 11.2. The summed E-state index contributed by atoms with van der Waals surface area (Å²) in [5.74, 6) is -1.70. The van der Waals surface area contributed by atoms with E-state index in [9.17, 15) is 28.8 Å². The lowest BCUT2D eigenvalue weighted by atomic mass is 10.0. The highest BCUT2D eigenvalue weighted by Gasteiger charge is 2.20. The first-order valence-corrected chi connectivity index (χ1v) is 8.56. The van der Waals surface area contributed by atoms with E-state index in [-0.39, 0.29) is 22.6 Å². The first kappa shape index (κ1) is 20.7. The minimum Gasteiger partial charge on any atom is -0.500 e. The number of methoxy groups -OCH3 is 1. The monoisotopic (exact) mass is 415 g/mol. The first-order chi connectivity index (χ1) is 14.3. The molecule has 0 heterocycles. The molecule has 0 aliphatic heterocycles. The average molecular weight is 415 g/mol. The maximum Gasteiger partial charge on any atom is 0.387 e. The van der Waals surface area contributed by atoms with Crippen LogP contribution in [0.2, 0.25) is 0 Å². The van der Waals surface area contributed by atoms with Crippen LogP contribution >= 0.6 is 0 Å². The molecule has 0 saturated carbocycles. The summed E-state index contributed by atoms with van der Waals surface area (Å²) in [4.78, 5) is 23.0. The number of carbonyl (C=O) groups is 1. The van der Waals surface area contributed by atoms with Gasteiger partial charge in [-0.05, 0) is 29.2 Å². The number of fused-ring (bicyclic) bond motifs is 1. The number of nitro benzene ring substituents is 1. The predicted octanol–water partition coefficient (Wildman–Crippen LogP) is 4.96. The molecular weight excluding hydrogens is 400 g/mol. The summed E-state index contributed by atoms with van der Waals surface area (Å²) >= 11 is 0. The van der Waals surface area contributed by atoms with Crippen molar-refractivity contribution in [2.75, 3.05) is 7.11 Å². The number of ketones is 1. The van der Waals surface area contributed by atoms with Crippen LogP contribution in [0, 0.1) is 10.1 Å². The van der Waals surface area contributed by atoms with E-state index in [0.717, 1.165) is 12.1 Å². The van der Waals surface area contributed by atoms with E-state index in [1.165, 1.54) is 25.3 Å². The van der Waals surface area contributed by atoms with Crippen LogP contribution in [0.15, 0.2) is 54.6 Å². The van der Waals surface area contributed by atoms with Gasteiger partial charge in [0.1, 0.15) is 5.75 Å². The van der Waals surface area contributed by atoms with E-state index in [1.54, 1.807) is 30.3 Å². The molecule has 3 aromatic rings. The van der Waals surface area contributed by atoms with Gasteiger partial charge in [-0.2, -0.15) is 8.78 Å². The third-order valence-corrected chi connectivity index (χ3v) is 4.27. The van der Waals surface area contributed by atoms with Gasteiger partial charge in [-0.25, -0.2) is 0 Å². The first-order valence-electron chi connectivity index (χ1n) is 8.56. The molecule has 0 aliphatic carbocycles. The Labute approximate surface area is 168 Å². The van der Waals surface area contributed by atoms with Crippen molar-refractivity contribution in [3.63, 3.8) is 0 Å². The van der Waals surface area contributed by atoms with Gasteiger partial charge < -0.3 is 14.6 Å². The Morgan fingerprint density at radius 1 is 1.20 bits per heavy atom. The fourth-order valence-corrected chi connectivity index (χ4v) is 2.92. The van der Waals surface area contributed by atoms with Crippen molar-refractivity contribution in [1.29, 1.82) is 0 Å². The molecule has 0 fully saturated rings. The number of carbonyl (C=O) groups excluding carboxylic acids is 1. The maximum absolute atomic E-state index is 12.9. The molecule has 0 amide bonds. The second-order valence-electron chi connectivity index (χ2n) is 6.09. The van der Waals surface area contributed by atoms with Gasteiger partial charge in [-0.15, -0.1) is 0 Å².